The summed E-state index contributed by atoms with van der Waals surface area (Å²) in [4.78, 5) is 0. The van der Waals surface area contributed by atoms with E-state index in [4.69, 9.17) is 0 Å². The van der Waals surface area contributed by atoms with Crippen molar-refractivity contribution in [2.45, 2.75) is 5.60 Å². The molecule has 0 amide bonds. The molecule has 0 radical (unpaired) electrons. The zero-order valence-corrected chi connectivity index (χ0v) is 13.1. The van der Waals surface area contributed by atoms with Gasteiger partial charge in [-0.15, -0.1) is 0 Å². The fourth-order valence-corrected chi connectivity index (χ4v) is 3.93. The highest BCUT2D eigenvalue weighted by molar-refractivity contribution is 5.94. The minimum atomic E-state index is -1.10. The zero-order chi connectivity index (χ0) is 16.1. The van der Waals surface area contributed by atoms with Crippen LogP contribution in [-0.2, 0) is 5.60 Å². The van der Waals surface area contributed by atoms with E-state index in [1.54, 1.807) is 0 Å². The lowest BCUT2D eigenvalue weighted by atomic mass is 9.84. The highest BCUT2D eigenvalue weighted by atomic mass is 16.3. The molecule has 1 nitrogen and oxygen atoms in total. The Labute approximate surface area is 140 Å². The number of rotatable bonds is 1. The van der Waals surface area contributed by atoms with Gasteiger partial charge in [-0.05, 0) is 39.6 Å². The summed E-state index contributed by atoms with van der Waals surface area (Å²) in [7, 11) is 0. The SMILES string of the molecule is OC1(c2ccccc2)c2ccccc2-c2cc3ccccc3cc21. The van der Waals surface area contributed by atoms with E-state index in [9.17, 15) is 5.11 Å². The van der Waals surface area contributed by atoms with Gasteiger partial charge in [-0.3, -0.25) is 0 Å². The molecule has 4 aromatic carbocycles. The second-order valence-corrected chi connectivity index (χ2v) is 6.37. The van der Waals surface area contributed by atoms with Crippen molar-refractivity contribution in [3.63, 3.8) is 0 Å². The maximum atomic E-state index is 11.8. The van der Waals surface area contributed by atoms with Crippen molar-refractivity contribution >= 4 is 10.8 Å². The number of aliphatic hydroxyl groups is 1. The topological polar surface area (TPSA) is 20.2 Å². The monoisotopic (exact) mass is 308 g/mol. The third-order valence-corrected chi connectivity index (χ3v) is 5.07. The molecule has 4 aromatic rings. The molecule has 0 saturated carbocycles. The highest BCUT2D eigenvalue weighted by Crippen LogP contribution is 2.51. The summed E-state index contributed by atoms with van der Waals surface area (Å²) in [5, 5.41) is 14.2. The van der Waals surface area contributed by atoms with Crippen molar-refractivity contribution in [3.8, 4) is 11.1 Å². The predicted molar refractivity (Wildman–Crippen MR) is 97.9 cm³/mol. The molecule has 0 saturated heterocycles. The molecular weight excluding hydrogens is 292 g/mol. The lowest BCUT2D eigenvalue weighted by Gasteiger charge is -2.26. The van der Waals surface area contributed by atoms with Gasteiger partial charge < -0.3 is 5.11 Å². The van der Waals surface area contributed by atoms with Gasteiger partial charge in [-0.1, -0.05) is 78.9 Å². The minimum absolute atomic E-state index is 0.909. The van der Waals surface area contributed by atoms with Crippen molar-refractivity contribution in [3.05, 3.63) is 108 Å². The van der Waals surface area contributed by atoms with Crippen molar-refractivity contribution in [2.24, 2.45) is 0 Å². The average molecular weight is 308 g/mol. The van der Waals surface area contributed by atoms with Gasteiger partial charge in [0.1, 0.15) is 5.60 Å². The van der Waals surface area contributed by atoms with Crippen LogP contribution in [0, 0.1) is 0 Å². The first-order chi connectivity index (χ1) is 11.8. The molecule has 0 aromatic heterocycles. The second kappa shape index (κ2) is 4.80. The first-order valence-corrected chi connectivity index (χ1v) is 8.19. The van der Waals surface area contributed by atoms with Crippen LogP contribution in [0.15, 0.2) is 91.0 Å². The molecule has 1 atom stereocenters. The van der Waals surface area contributed by atoms with E-state index in [2.05, 4.69) is 36.4 Å². The zero-order valence-electron chi connectivity index (χ0n) is 13.1. The molecule has 1 aliphatic carbocycles. The molecule has 0 spiro atoms. The van der Waals surface area contributed by atoms with Crippen LogP contribution >= 0.6 is 0 Å². The Hall–Kier alpha value is -2.90. The normalized spacial score (nSPS) is 18.4. The summed E-state index contributed by atoms with van der Waals surface area (Å²) in [6, 6.07) is 30.8. The lowest BCUT2D eigenvalue weighted by molar-refractivity contribution is 0.131. The number of hydrogen-bond acceptors (Lipinski definition) is 1. The van der Waals surface area contributed by atoms with Gasteiger partial charge in [0.25, 0.3) is 0 Å². The Balaban J connectivity index is 1.92. The van der Waals surface area contributed by atoms with Crippen LogP contribution in [0.3, 0.4) is 0 Å². The summed E-state index contributed by atoms with van der Waals surface area (Å²) in [6.07, 6.45) is 0. The average Bonchev–Trinajstić information content (AvgIpc) is 2.91. The summed E-state index contributed by atoms with van der Waals surface area (Å²) in [5.74, 6) is 0. The number of benzene rings is 4. The fraction of sp³-hybridized carbons (Fsp3) is 0.0435. The smallest absolute Gasteiger partial charge is 0.141 e. The Kier molecular flexibility index (Phi) is 2.70. The van der Waals surface area contributed by atoms with Crippen LogP contribution in [0.4, 0.5) is 0 Å². The van der Waals surface area contributed by atoms with E-state index in [-0.39, 0.29) is 0 Å². The van der Waals surface area contributed by atoms with Crippen LogP contribution in [0.1, 0.15) is 16.7 Å². The Bertz CT molecular complexity index is 1070. The molecule has 114 valence electrons. The first kappa shape index (κ1) is 13.5. The predicted octanol–water partition coefficient (Wildman–Crippen LogP) is 5.10. The van der Waals surface area contributed by atoms with Crippen LogP contribution in [0.2, 0.25) is 0 Å². The standard InChI is InChI=1S/C23H16O/c24-23(18-10-2-1-3-11-18)21-13-7-6-12-19(21)20-14-16-8-4-5-9-17(16)15-22(20)23/h1-15,24H. The van der Waals surface area contributed by atoms with Gasteiger partial charge in [0, 0.05) is 11.1 Å². The van der Waals surface area contributed by atoms with Crippen molar-refractivity contribution in [1.29, 1.82) is 0 Å². The van der Waals surface area contributed by atoms with E-state index in [0.717, 1.165) is 33.2 Å². The van der Waals surface area contributed by atoms with Gasteiger partial charge in [-0.2, -0.15) is 0 Å². The molecule has 0 bridgehead atoms. The van der Waals surface area contributed by atoms with Gasteiger partial charge >= 0.3 is 0 Å². The van der Waals surface area contributed by atoms with E-state index >= 15 is 0 Å². The third kappa shape index (κ3) is 1.68. The van der Waals surface area contributed by atoms with Gasteiger partial charge in [0.2, 0.25) is 0 Å². The Morgan fingerprint density at radius 2 is 1.17 bits per heavy atom. The molecular formula is C23H16O. The van der Waals surface area contributed by atoms with Crippen LogP contribution in [0.5, 0.6) is 0 Å². The molecule has 1 unspecified atom stereocenters. The van der Waals surface area contributed by atoms with E-state index in [1.165, 1.54) is 5.39 Å². The van der Waals surface area contributed by atoms with Crippen LogP contribution in [-0.4, -0.2) is 5.11 Å². The van der Waals surface area contributed by atoms with E-state index in [0.29, 0.717) is 0 Å². The molecule has 0 heterocycles. The lowest BCUT2D eigenvalue weighted by Crippen LogP contribution is -2.26. The molecule has 5 rings (SSSR count). The van der Waals surface area contributed by atoms with Crippen molar-refractivity contribution < 1.29 is 5.11 Å². The van der Waals surface area contributed by atoms with Crippen molar-refractivity contribution in [2.75, 3.05) is 0 Å². The van der Waals surface area contributed by atoms with E-state index < -0.39 is 5.60 Å². The van der Waals surface area contributed by atoms with Gasteiger partial charge in [-0.25, -0.2) is 0 Å². The summed E-state index contributed by atoms with van der Waals surface area (Å²) >= 11 is 0. The molecule has 24 heavy (non-hydrogen) atoms. The first-order valence-electron chi connectivity index (χ1n) is 8.19. The third-order valence-electron chi connectivity index (χ3n) is 5.07. The summed E-state index contributed by atoms with van der Waals surface area (Å²) in [6.45, 7) is 0. The molecule has 1 aliphatic rings. The van der Waals surface area contributed by atoms with Crippen molar-refractivity contribution in [1.82, 2.24) is 0 Å². The Morgan fingerprint density at radius 1 is 0.542 bits per heavy atom. The maximum absolute atomic E-state index is 11.8. The Morgan fingerprint density at radius 3 is 1.96 bits per heavy atom. The van der Waals surface area contributed by atoms with Gasteiger partial charge in [0.15, 0.2) is 0 Å². The van der Waals surface area contributed by atoms with E-state index in [1.807, 2.05) is 54.6 Å². The fourth-order valence-electron chi connectivity index (χ4n) is 3.93. The minimum Gasteiger partial charge on any atom is -0.376 e. The van der Waals surface area contributed by atoms with Gasteiger partial charge in [0.05, 0.1) is 0 Å². The quantitative estimate of drug-likeness (QED) is 0.518. The highest BCUT2D eigenvalue weighted by Gasteiger charge is 2.42. The second-order valence-electron chi connectivity index (χ2n) is 6.37. The number of fused-ring (bicyclic) bond motifs is 4. The molecule has 1 heteroatoms. The molecule has 0 aliphatic heterocycles. The summed E-state index contributed by atoms with van der Waals surface area (Å²) in [5.41, 5.74) is 3.97. The maximum Gasteiger partial charge on any atom is 0.141 e. The molecule has 1 N–H and O–H groups in total. The number of hydrogen-bond donors (Lipinski definition) is 1. The largest absolute Gasteiger partial charge is 0.376 e. The van der Waals surface area contributed by atoms with Crippen LogP contribution < -0.4 is 0 Å². The molecule has 0 fully saturated rings. The van der Waals surface area contributed by atoms with Crippen LogP contribution in [0.25, 0.3) is 21.9 Å². The summed E-state index contributed by atoms with van der Waals surface area (Å²) < 4.78 is 0.